The summed E-state index contributed by atoms with van der Waals surface area (Å²) in [6.07, 6.45) is 2.67. The standard InChI is InChI=1S/C15H19NO4/c17-15(18)5-4-13-2-1-3-14(12-13)20-11-8-16-6-9-19-10-7-16/h1-5,12H,6-11H2,(H,17,18). The Balaban J connectivity index is 1.80. The number of nitrogens with zero attached hydrogens (tertiary/aromatic N) is 1. The molecule has 0 radical (unpaired) electrons. The zero-order valence-electron chi connectivity index (χ0n) is 11.3. The average molecular weight is 277 g/mol. The molecule has 0 bridgehead atoms. The van der Waals surface area contributed by atoms with Crippen molar-refractivity contribution in [2.24, 2.45) is 0 Å². The first-order valence-corrected chi connectivity index (χ1v) is 6.68. The van der Waals surface area contributed by atoms with Gasteiger partial charge >= 0.3 is 5.97 Å². The zero-order chi connectivity index (χ0) is 14.2. The Morgan fingerprint density at radius 1 is 1.40 bits per heavy atom. The molecular formula is C15H19NO4. The van der Waals surface area contributed by atoms with Crippen molar-refractivity contribution < 1.29 is 19.4 Å². The van der Waals surface area contributed by atoms with Crippen molar-refractivity contribution in [2.75, 3.05) is 39.5 Å². The van der Waals surface area contributed by atoms with Gasteiger partial charge in [0.2, 0.25) is 0 Å². The van der Waals surface area contributed by atoms with Gasteiger partial charge < -0.3 is 14.6 Å². The number of carboxylic acids is 1. The molecule has 0 atom stereocenters. The minimum absolute atomic E-state index is 0.617. The smallest absolute Gasteiger partial charge is 0.328 e. The van der Waals surface area contributed by atoms with Crippen LogP contribution in [0.25, 0.3) is 6.08 Å². The number of aliphatic carboxylic acids is 1. The predicted octanol–water partition coefficient (Wildman–Crippen LogP) is 1.50. The molecule has 0 aromatic heterocycles. The summed E-state index contributed by atoms with van der Waals surface area (Å²) >= 11 is 0. The van der Waals surface area contributed by atoms with E-state index < -0.39 is 5.97 Å². The summed E-state index contributed by atoms with van der Waals surface area (Å²) in [5, 5.41) is 8.60. The SMILES string of the molecule is O=C(O)C=Cc1cccc(OCCN2CCOCC2)c1. The topological polar surface area (TPSA) is 59.0 Å². The minimum atomic E-state index is -0.955. The molecule has 0 saturated carbocycles. The predicted molar refractivity (Wildman–Crippen MR) is 75.9 cm³/mol. The fourth-order valence-electron chi connectivity index (χ4n) is 1.99. The van der Waals surface area contributed by atoms with Crippen molar-refractivity contribution in [3.63, 3.8) is 0 Å². The molecular weight excluding hydrogens is 258 g/mol. The van der Waals surface area contributed by atoms with E-state index in [1.807, 2.05) is 24.3 Å². The van der Waals surface area contributed by atoms with Crippen LogP contribution in [0.1, 0.15) is 5.56 Å². The Morgan fingerprint density at radius 2 is 2.20 bits per heavy atom. The molecule has 0 unspecified atom stereocenters. The van der Waals surface area contributed by atoms with Gasteiger partial charge in [0.15, 0.2) is 0 Å². The third-order valence-corrected chi connectivity index (χ3v) is 3.06. The minimum Gasteiger partial charge on any atom is -0.492 e. The maximum atomic E-state index is 10.5. The molecule has 0 aliphatic carbocycles. The molecule has 0 amide bonds. The number of carbonyl (C=O) groups is 1. The van der Waals surface area contributed by atoms with Crippen LogP contribution < -0.4 is 4.74 Å². The summed E-state index contributed by atoms with van der Waals surface area (Å²) in [5.41, 5.74) is 0.816. The lowest BCUT2D eigenvalue weighted by atomic mass is 10.2. The van der Waals surface area contributed by atoms with Gasteiger partial charge in [-0.1, -0.05) is 12.1 Å². The highest BCUT2D eigenvalue weighted by molar-refractivity contribution is 5.85. The second-order valence-electron chi connectivity index (χ2n) is 4.55. The van der Waals surface area contributed by atoms with E-state index >= 15 is 0 Å². The Labute approximate surface area is 118 Å². The van der Waals surface area contributed by atoms with E-state index in [4.69, 9.17) is 14.6 Å². The summed E-state index contributed by atoms with van der Waals surface area (Å²) < 4.78 is 11.0. The number of morpholine rings is 1. The molecule has 108 valence electrons. The molecule has 1 N–H and O–H groups in total. The summed E-state index contributed by atoms with van der Waals surface area (Å²) in [6.45, 7) is 4.96. The highest BCUT2D eigenvalue weighted by Crippen LogP contribution is 2.14. The first-order chi connectivity index (χ1) is 9.74. The van der Waals surface area contributed by atoms with Crippen molar-refractivity contribution in [1.29, 1.82) is 0 Å². The van der Waals surface area contributed by atoms with E-state index in [1.54, 1.807) is 6.08 Å². The average Bonchev–Trinajstić information content (AvgIpc) is 2.47. The van der Waals surface area contributed by atoms with Crippen LogP contribution in [0.3, 0.4) is 0 Å². The fourth-order valence-corrected chi connectivity index (χ4v) is 1.99. The van der Waals surface area contributed by atoms with Gasteiger partial charge in [-0.25, -0.2) is 4.79 Å². The third kappa shape index (κ3) is 5.03. The Hall–Kier alpha value is -1.85. The first kappa shape index (κ1) is 14.6. The van der Waals surface area contributed by atoms with E-state index in [2.05, 4.69) is 4.90 Å². The van der Waals surface area contributed by atoms with Crippen LogP contribution >= 0.6 is 0 Å². The van der Waals surface area contributed by atoms with Crippen molar-refractivity contribution in [1.82, 2.24) is 4.90 Å². The zero-order valence-corrected chi connectivity index (χ0v) is 11.3. The van der Waals surface area contributed by atoms with Crippen LogP contribution in [-0.4, -0.2) is 55.4 Å². The van der Waals surface area contributed by atoms with Gasteiger partial charge in [-0.05, 0) is 23.8 Å². The quantitative estimate of drug-likeness (QED) is 0.798. The van der Waals surface area contributed by atoms with Gasteiger partial charge in [-0.2, -0.15) is 0 Å². The second kappa shape index (κ2) is 7.67. The molecule has 1 heterocycles. The monoisotopic (exact) mass is 277 g/mol. The molecule has 2 rings (SSSR count). The maximum Gasteiger partial charge on any atom is 0.328 e. The van der Waals surface area contributed by atoms with Crippen molar-refractivity contribution >= 4 is 12.0 Å². The van der Waals surface area contributed by atoms with E-state index in [1.165, 1.54) is 0 Å². The Bertz CT molecular complexity index is 467. The second-order valence-corrected chi connectivity index (χ2v) is 4.55. The van der Waals surface area contributed by atoms with Gasteiger partial charge in [0.05, 0.1) is 13.2 Å². The van der Waals surface area contributed by atoms with Crippen LogP contribution in [0.4, 0.5) is 0 Å². The summed E-state index contributed by atoms with van der Waals surface area (Å²) in [7, 11) is 0. The maximum absolute atomic E-state index is 10.5. The van der Waals surface area contributed by atoms with Gasteiger partial charge in [-0.3, -0.25) is 4.90 Å². The molecule has 1 aliphatic rings. The van der Waals surface area contributed by atoms with E-state index in [0.29, 0.717) is 6.61 Å². The molecule has 1 aromatic rings. The number of rotatable bonds is 6. The largest absolute Gasteiger partial charge is 0.492 e. The molecule has 1 fully saturated rings. The van der Waals surface area contributed by atoms with Crippen LogP contribution in [0.5, 0.6) is 5.75 Å². The Morgan fingerprint density at radius 3 is 2.95 bits per heavy atom. The highest BCUT2D eigenvalue weighted by atomic mass is 16.5. The molecule has 5 nitrogen and oxygen atoms in total. The molecule has 1 aromatic carbocycles. The van der Waals surface area contributed by atoms with E-state index in [9.17, 15) is 4.79 Å². The Kier molecular flexibility index (Phi) is 5.58. The van der Waals surface area contributed by atoms with Crippen molar-refractivity contribution in [2.45, 2.75) is 0 Å². The lowest BCUT2D eigenvalue weighted by Crippen LogP contribution is -2.38. The van der Waals surface area contributed by atoms with Crippen LogP contribution in [0, 0.1) is 0 Å². The van der Waals surface area contributed by atoms with E-state index in [0.717, 1.165) is 50.2 Å². The normalized spacial score (nSPS) is 16.4. The van der Waals surface area contributed by atoms with Gasteiger partial charge in [0.1, 0.15) is 12.4 Å². The molecule has 1 saturated heterocycles. The summed E-state index contributed by atoms with van der Waals surface area (Å²) in [6, 6.07) is 7.40. The fraction of sp³-hybridized carbons (Fsp3) is 0.400. The van der Waals surface area contributed by atoms with Crippen LogP contribution in [0.15, 0.2) is 30.3 Å². The van der Waals surface area contributed by atoms with E-state index in [-0.39, 0.29) is 0 Å². The molecule has 5 heteroatoms. The first-order valence-electron chi connectivity index (χ1n) is 6.68. The summed E-state index contributed by atoms with van der Waals surface area (Å²) in [5.74, 6) is -0.200. The third-order valence-electron chi connectivity index (χ3n) is 3.06. The number of hydrogen-bond acceptors (Lipinski definition) is 4. The summed E-state index contributed by atoms with van der Waals surface area (Å²) in [4.78, 5) is 12.8. The van der Waals surface area contributed by atoms with Gasteiger partial charge in [0, 0.05) is 25.7 Å². The van der Waals surface area contributed by atoms with Crippen molar-refractivity contribution in [3.8, 4) is 5.75 Å². The van der Waals surface area contributed by atoms with Crippen LogP contribution in [-0.2, 0) is 9.53 Å². The number of ether oxygens (including phenoxy) is 2. The molecule has 0 spiro atoms. The number of hydrogen-bond donors (Lipinski definition) is 1. The molecule has 20 heavy (non-hydrogen) atoms. The lowest BCUT2D eigenvalue weighted by Gasteiger charge is -2.26. The van der Waals surface area contributed by atoms with Gasteiger partial charge in [-0.15, -0.1) is 0 Å². The number of carboxylic acid groups (broad SMARTS) is 1. The van der Waals surface area contributed by atoms with Crippen molar-refractivity contribution in [3.05, 3.63) is 35.9 Å². The number of benzene rings is 1. The lowest BCUT2D eigenvalue weighted by molar-refractivity contribution is -0.131. The van der Waals surface area contributed by atoms with Crippen LogP contribution in [0.2, 0.25) is 0 Å². The van der Waals surface area contributed by atoms with Gasteiger partial charge in [0.25, 0.3) is 0 Å². The molecule has 1 aliphatic heterocycles. The highest BCUT2D eigenvalue weighted by Gasteiger charge is 2.09.